The lowest BCUT2D eigenvalue weighted by Crippen LogP contribution is -2.57. The Morgan fingerprint density at radius 2 is 1.58 bits per heavy atom. The summed E-state index contributed by atoms with van der Waals surface area (Å²) in [7, 11) is 2.66. The molecule has 146 valence electrons. The van der Waals surface area contributed by atoms with Crippen molar-refractivity contribution >= 4 is 12.0 Å². The summed E-state index contributed by atoms with van der Waals surface area (Å²) >= 11 is 0. The lowest BCUT2D eigenvalue weighted by Gasteiger charge is -2.29. The maximum atomic E-state index is 12.7. The molecule has 7 nitrogen and oxygen atoms in total. The average Bonchev–Trinajstić information content (AvgIpc) is 2.58. The molecular formula is C19H30NO6+. The van der Waals surface area contributed by atoms with Gasteiger partial charge in [-0.1, -0.05) is 0 Å². The van der Waals surface area contributed by atoms with Crippen LogP contribution >= 0.6 is 0 Å². The topological polar surface area (TPSA) is 71.1 Å². The Kier molecular flexibility index (Phi) is 7.59. The fraction of sp³-hybridized carbons (Fsp3) is 0.579. The Morgan fingerprint density at radius 1 is 1.08 bits per heavy atom. The van der Waals surface area contributed by atoms with E-state index in [1.165, 1.54) is 14.2 Å². The smallest absolute Gasteiger partial charge is 0.494 e. The normalized spacial score (nSPS) is 14.9. The average molecular weight is 368 g/mol. The molecule has 0 N–H and O–H groups in total. The molecule has 0 saturated carbocycles. The molecular weight excluding hydrogens is 338 g/mol. The standard InChI is InChI=1S/C19H30NO6/c1-8-24-15-9-11-16(12-10-15)25-13-14(2)17(21)20(6,23-7)18(22)26-19(3,4)5/h9-12,14H,8,13H2,1-7H3/q+1. The second-order valence-electron chi connectivity index (χ2n) is 7.04. The molecule has 1 aromatic carbocycles. The van der Waals surface area contributed by atoms with Gasteiger partial charge in [0, 0.05) is 0 Å². The molecule has 0 radical (unpaired) electrons. The van der Waals surface area contributed by atoms with Gasteiger partial charge < -0.3 is 14.2 Å². The van der Waals surface area contributed by atoms with E-state index < -0.39 is 28.2 Å². The van der Waals surface area contributed by atoms with E-state index in [0.717, 1.165) is 5.75 Å². The lowest BCUT2D eigenvalue weighted by molar-refractivity contribution is -0.965. The van der Waals surface area contributed by atoms with Crippen LogP contribution in [0.15, 0.2) is 24.3 Å². The highest BCUT2D eigenvalue weighted by molar-refractivity contribution is 5.81. The van der Waals surface area contributed by atoms with E-state index in [0.29, 0.717) is 12.4 Å². The van der Waals surface area contributed by atoms with Gasteiger partial charge in [-0.2, -0.15) is 9.63 Å². The monoisotopic (exact) mass is 368 g/mol. The van der Waals surface area contributed by atoms with Crippen LogP contribution in [-0.4, -0.2) is 49.6 Å². The third-order valence-electron chi connectivity index (χ3n) is 3.58. The number of ether oxygens (including phenoxy) is 3. The summed E-state index contributed by atoms with van der Waals surface area (Å²) in [5.41, 5.74) is -0.725. The summed E-state index contributed by atoms with van der Waals surface area (Å²) in [6.45, 7) is 9.47. The molecule has 26 heavy (non-hydrogen) atoms. The number of quaternary nitrogens is 1. The molecule has 0 heterocycles. The fourth-order valence-corrected chi connectivity index (χ4v) is 2.12. The predicted molar refractivity (Wildman–Crippen MR) is 96.7 cm³/mol. The second kappa shape index (κ2) is 9.00. The summed E-state index contributed by atoms with van der Waals surface area (Å²) < 4.78 is 15.4. The number of carbonyl (C=O) groups excluding carboxylic acids is 2. The molecule has 0 aliphatic rings. The Morgan fingerprint density at radius 3 is 2.00 bits per heavy atom. The molecule has 0 aliphatic heterocycles. The summed E-state index contributed by atoms with van der Waals surface area (Å²) in [6, 6.07) is 7.11. The van der Waals surface area contributed by atoms with Crippen molar-refractivity contribution in [3.8, 4) is 11.5 Å². The quantitative estimate of drug-likeness (QED) is 0.541. The van der Waals surface area contributed by atoms with E-state index >= 15 is 0 Å². The van der Waals surface area contributed by atoms with Crippen LogP contribution in [0.4, 0.5) is 4.79 Å². The van der Waals surface area contributed by atoms with Gasteiger partial charge in [0.05, 0.1) is 13.7 Å². The zero-order chi connectivity index (χ0) is 20.0. The Bertz CT molecular complexity index is 607. The first kappa shape index (κ1) is 21.9. The maximum Gasteiger partial charge on any atom is 0.557 e. The predicted octanol–water partition coefficient (Wildman–Crippen LogP) is 3.57. The van der Waals surface area contributed by atoms with Crippen molar-refractivity contribution in [1.82, 2.24) is 0 Å². The molecule has 0 bridgehead atoms. The van der Waals surface area contributed by atoms with Crippen LogP contribution in [0.1, 0.15) is 34.6 Å². The zero-order valence-corrected chi connectivity index (χ0v) is 16.7. The van der Waals surface area contributed by atoms with Gasteiger partial charge in [0.2, 0.25) is 0 Å². The molecule has 2 amide bonds. The highest BCUT2D eigenvalue weighted by Crippen LogP contribution is 2.21. The molecule has 7 heteroatoms. The molecule has 0 fully saturated rings. The number of nitrogens with zero attached hydrogens (tertiary/aromatic N) is 1. The van der Waals surface area contributed by atoms with Crippen molar-refractivity contribution in [2.45, 2.75) is 40.2 Å². The van der Waals surface area contributed by atoms with Gasteiger partial charge >= 0.3 is 12.0 Å². The van der Waals surface area contributed by atoms with Crippen molar-refractivity contribution in [3.63, 3.8) is 0 Å². The van der Waals surface area contributed by atoms with Crippen molar-refractivity contribution < 1.29 is 33.3 Å². The summed E-state index contributed by atoms with van der Waals surface area (Å²) in [4.78, 5) is 30.3. The van der Waals surface area contributed by atoms with Crippen molar-refractivity contribution in [3.05, 3.63) is 24.3 Å². The summed E-state index contributed by atoms with van der Waals surface area (Å²) in [5, 5.41) is 0. The molecule has 1 aromatic rings. The third-order valence-corrected chi connectivity index (χ3v) is 3.58. The number of rotatable bonds is 7. The van der Waals surface area contributed by atoms with Gasteiger partial charge in [-0.3, -0.25) is 0 Å². The highest BCUT2D eigenvalue weighted by atomic mass is 16.8. The van der Waals surface area contributed by atoms with Gasteiger partial charge in [0.15, 0.2) is 0 Å². The highest BCUT2D eigenvalue weighted by Gasteiger charge is 2.48. The maximum absolute atomic E-state index is 12.7. The first-order valence-corrected chi connectivity index (χ1v) is 8.59. The Hall–Kier alpha value is -2.12. The van der Waals surface area contributed by atoms with Crippen LogP contribution in [0.5, 0.6) is 11.5 Å². The second-order valence-corrected chi connectivity index (χ2v) is 7.04. The minimum atomic E-state index is -0.912. The molecule has 0 aromatic heterocycles. The van der Waals surface area contributed by atoms with Gasteiger partial charge in [-0.05, 0) is 63.5 Å². The molecule has 2 atom stereocenters. The SMILES string of the molecule is CCOc1ccc(OCC(C)C(=O)[N+](C)(OC)C(=O)OC(C)(C)C)cc1. The number of hydrogen-bond acceptors (Lipinski definition) is 6. The van der Waals surface area contributed by atoms with Crippen LogP contribution in [-0.2, 0) is 14.4 Å². The van der Waals surface area contributed by atoms with E-state index in [1.54, 1.807) is 52.0 Å². The van der Waals surface area contributed by atoms with Crippen molar-refractivity contribution in [1.29, 1.82) is 0 Å². The van der Waals surface area contributed by atoms with Crippen LogP contribution in [0.2, 0.25) is 0 Å². The van der Waals surface area contributed by atoms with E-state index in [1.807, 2.05) is 6.92 Å². The molecule has 2 unspecified atom stereocenters. The first-order chi connectivity index (χ1) is 12.0. The fourth-order valence-electron chi connectivity index (χ4n) is 2.12. The van der Waals surface area contributed by atoms with Crippen molar-refractivity contribution in [2.24, 2.45) is 5.92 Å². The molecule has 0 aliphatic carbocycles. The zero-order valence-electron chi connectivity index (χ0n) is 16.7. The molecule has 0 saturated heterocycles. The summed E-state index contributed by atoms with van der Waals surface area (Å²) in [6.07, 6.45) is -0.766. The molecule has 0 spiro atoms. The van der Waals surface area contributed by atoms with E-state index in [-0.39, 0.29) is 6.61 Å². The van der Waals surface area contributed by atoms with Crippen LogP contribution in [0.3, 0.4) is 0 Å². The van der Waals surface area contributed by atoms with Gasteiger partial charge in [0.25, 0.3) is 0 Å². The lowest BCUT2D eigenvalue weighted by atomic mass is 10.1. The minimum Gasteiger partial charge on any atom is -0.494 e. The Labute approximate surface area is 155 Å². The number of hydrogen-bond donors (Lipinski definition) is 0. The van der Waals surface area contributed by atoms with E-state index in [9.17, 15) is 9.59 Å². The first-order valence-electron chi connectivity index (χ1n) is 8.59. The number of benzene rings is 1. The van der Waals surface area contributed by atoms with Crippen LogP contribution < -0.4 is 9.47 Å². The van der Waals surface area contributed by atoms with Crippen LogP contribution in [0.25, 0.3) is 0 Å². The Balaban J connectivity index is 2.73. The largest absolute Gasteiger partial charge is 0.557 e. The van der Waals surface area contributed by atoms with Gasteiger partial charge in [-0.25, -0.2) is 4.79 Å². The van der Waals surface area contributed by atoms with Crippen LogP contribution in [0, 0.1) is 5.92 Å². The number of hydroxylamine groups is 3. The summed E-state index contributed by atoms with van der Waals surface area (Å²) in [5.74, 6) is 0.321. The van der Waals surface area contributed by atoms with Crippen molar-refractivity contribution in [2.75, 3.05) is 27.4 Å². The van der Waals surface area contributed by atoms with Gasteiger partial charge in [-0.15, -0.1) is 0 Å². The number of imide groups is 1. The van der Waals surface area contributed by atoms with E-state index in [4.69, 9.17) is 19.0 Å². The molecule has 1 rings (SSSR count). The van der Waals surface area contributed by atoms with Gasteiger partial charge in [0.1, 0.15) is 36.7 Å². The third kappa shape index (κ3) is 6.00. The minimum absolute atomic E-state index is 0.104. The number of amides is 2. The van der Waals surface area contributed by atoms with E-state index in [2.05, 4.69) is 0 Å². The number of carbonyl (C=O) groups is 2.